The molecule has 1 saturated heterocycles. The van der Waals surface area contributed by atoms with E-state index in [4.69, 9.17) is 5.84 Å². The zero-order valence-electron chi connectivity index (χ0n) is 20.1. The van der Waals surface area contributed by atoms with Gasteiger partial charge in [-0.2, -0.15) is 0 Å². The number of rotatable bonds is 8. The average molecular weight is 499 g/mol. The number of hydrogen-bond donors (Lipinski definition) is 2. The quantitative estimate of drug-likeness (QED) is 0.278. The van der Waals surface area contributed by atoms with E-state index >= 15 is 0 Å². The Bertz CT molecular complexity index is 1270. The second-order valence-electron chi connectivity index (χ2n) is 8.81. The summed E-state index contributed by atoms with van der Waals surface area (Å²) in [6, 6.07) is 28.6. The summed E-state index contributed by atoms with van der Waals surface area (Å²) in [5.41, 5.74) is 5.10. The smallest absolute Gasteiger partial charge is 0.234 e. The summed E-state index contributed by atoms with van der Waals surface area (Å²) in [5, 5.41) is 3.57. The zero-order valence-corrected chi connectivity index (χ0v) is 20.9. The molecule has 0 aliphatic carbocycles. The van der Waals surface area contributed by atoms with Crippen molar-refractivity contribution in [2.45, 2.75) is 11.7 Å². The number of benzene rings is 3. The van der Waals surface area contributed by atoms with E-state index in [-0.39, 0.29) is 11.7 Å². The molecule has 2 heterocycles. The molecule has 0 saturated carbocycles. The molecule has 1 aliphatic rings. The third-order valence-electron chi connectivity index (χ3n) is 6.24. The monoisotopic (exact) mass is 498 g/mol. The van der Waals surface area contributed by atoms with Crippen LogP contribution in [0.2, 0.25) is 0 Å². The van der Waals surface area contributed by atoms with Gasteiger partial charge in [-0.3, -0.25) is 9.69 Å². The van der Waals surface area contributed by atoms with Crippen molar-refractivity contribution in [3.63, 3.8) is 0 Å². The van der Waals surface area contributed by atoms with Crippen LogP contribution in [0.15, 0.2) is 96.3 Å². The second kappa shape index (κ2) is 11.3. The van der Waals surface area contributed by atoms with Gasteiger partial charge < -0.3 is 16.1 Å². The number of imidazole rings is 1. The number of piperazine rings is 1. The third kappa shape index (κ3) is 6.08. The van der Waals surface area contributed by atoms with Crippen molar-refractivity contribution in [3.8, 4) is 11.3 Å². The lowest BCUT2D eigenvalue weighted by molar-refractivity contribution is -0.113. The number of thioether (sulfide) groups is 1. The SMILES string of the molecule is Nn1cc(-c2ccccc2)nc1SCC(=O)Nc1ccc(N2CCN(Cc3ccccc3)CC2)cc1. The molecule has 0 bridgehead atoms. The molecule has 0 atom stereocenters. The van der Waals surface area contributed by atoms with Gasteiger partial charge in [-0.1, -0.05) is 72.4 Å². The molecule has 0 spiro atoms. The maximum absolute atomic E-state index is 12.5. The minimum Gasteiger partial charge on any atom is -0.369 e. The number of aromatic nitrogens is 2. The molecule has 1 amide bonds. The highest BCUT2D eigenvalue weighted by molar-refractivity contribution is 7.99. The van der Waals surface area contributed by atoms with Crippen molar-refractivity contribution in [1.82, 2.24) is 14.6 Å². The highest BCUT2D eigenvalue weighted by Gasteiger charge is 2.17. The van der Waals surface area contributed by atoms with Crippen molar-refractivity contribution in [1.29, 1.82) is 0 Å². The number of nitrogens with two attached hydrogens (primary N) is 1. The molecule has 1 aromatic heterocycles. The first-order valence-electron chi connectivity index (χ1n) is 12.1. The Morgan fingerprint density at radius 3 is 2.25 bits per heavy atom. The van der Waals surface area contributed by atoms with Crippen LogP contribution in [0.1, 0.15) is 5.56 Å². The number of nitrogens with one attached hydrogen (secondary N) is 1. The first-order valence-corrected chi connectivity index (χ1v) is 13.1. The largest absolute Gasteiger partial charge is 0.369 e. The van der Waals surface area contributed by atoms with Crippen LogP contribution in [-0.4, -0.2) is 52.4 Å². The van der Waals surface area contributed by atoms with Crippen LogP contribution in [-0.2, 0) is 11.3 Å². The maximum atomic E-state index is 12.5. The fraction of sp³-hybridized carbons (Fsp3) is 0.214. The van der Waals surface area contributed by atoms with Gasteiger partial charge in [-0.15, -0.1) is 0 Å². The number of anilines is 2. The molecule has 184 valence electrons. The highest BCUT2D eigenvalue weighted by Crippen LogP contribution is 2.24. The van der Waals surface area contributed by atoms with Gasteiger partial charge in [0.05, 0.1) is 17.6 Å². The van der Waals surface area contributed by atoms with Gasteiger partial charge in [-0.05, 0) is 29.8 Å². The van der Waals surface area contributed by atoms with Crippen LogP contribution in [0, 0.1) is 0 Å². The van der Waals surface area contributed by atoms with Crippen molar-refractivity contribution in [2.75, 3.05) is 48.0 Å². The number of nitrogens with zero attached hydrogens (tertiary/aromatic N) is 4. The molecular weight excluding hydrogens is 468 g/mol. The Balaban J connectivity index is 1.09. The molecule has 0 unspecified atom stereocenters. The van der Waals surface area contributed by atoms with E-state index in [1.165, 1.54) is 27.7 Å². The lowest BCUT2D eigenvalue weighted by Gasteiger charge is -2.36. The molecule has 7 nitrogen and oxygen atoms in total. The summed E-state index contributed by atoms with van der Waals surface area (Å²) in [6.45, 7) is 5.05. The van der Waals surface area contributed by atoms with E-state index in [2.05, 4.69) is 62.6 Å². The minimum absolute atomic E-state index is 0.0912. The van der Waals surface area contributed by atoms with Crippen molar-refractivity contribution in [2.24, 2.45) is 0 Å². The third-order valence-corrected chi connectivity index (χ3v) is 7.20. The standard InChI is InChI=1S/C28H30N6OS/c29-34-20-26(23-9-5-2-6-10-23)31-28(34)36-21-27(35)30-24-11-13-25(14-12-24)33-17-15-32(16-18-33)19-22-7-3-1-4-8-22/h1-14,20H,15-19,21,29H2,(H,30,35). The lowest BCUT2D eigenvalue weighted by Crippen LogP contribution is -2.45. The Labute approximate surface area is 215 Å². The molecule has 3 aromatic carbocycles. The fourth-order valence-corrected chi connectivity index (χ4v) is 5.02. The number of carbonyl (C=O) groups excluding carboxylic acids is 1. The molecule has 0 radical (unpaired) electrons. The minimum atomic E-state index is -0.0912. The summed E-state index contributed by atoms with van der Waals surface area (Å²) in [6.07, 6.45) is 1.77. The number of nitrogen functional groups attached to an aromatic ring is 1. The van der Waals surface area contributed by atoms with Gasteiger partial charge in [0.1, 0.15) is 0 Å². The lowest BCUT2D eigenvalue weighted by atomic mass is 10.2. The summed E-state index contributed by atoms with van der Waals surface area (Å²) in [7, 11) is 0. The van der Waals surface area contributed by atoms with Crippen LogP contribution >= 0.6 is 11.8 Å². The average Bonchev–Trinajstić information content (AvgIpc) is 3.30. The van der Waals surface area contributed by atoms with Gasteiger partial charge in [0.2, 0.25) is 5.91 Å². The van der Waals surface area contributed by atoms with E-state index in [9.17, 15) is 4.79 Å². The Morgan fingerprint density at radius 1 is 0.889 bits per heavy atom. The van der Waals surface area contributed by atoms with Crippen molar-refractivity contribution in [3.05, 3.63) is 96.7 Å². The molecule has 3 N–H and O–H groups in total. The van der Waals surface area contributed by atoms with Gasteiger partial charge in [-0.25, -0.2) is 9.66 Å². The topological polar surface area (TPSA) is 79.4 Å². The summed E-state index contributed by atoms with van der Waals surface area (Å²) < 4.78 is 1.47. The van der Waals surface area contributed by atoms with Gasteiger partial charge in [0.15, 0.2) is 5.16 Å². The number of carbonyl (C=O) groups is 1. The first kappa shape index (κ1) is 24.0. The Hall–Kier alpha value is -3.75. The highest BCUT2D eigenvalue weighted by atomic mass is 32.2. The summed E-state index contributed by atoms with van der Waals surface area (Å²) >= 11 is 1.32. The summed E-state index contributed by atoms with van der Waals surface area (Å²) in [4.78, 5) is 22.0. The predicted molar refractivity (Wildman–Crippen MR) is 148 cm³/mol. The molecule has 1 aliphatic heterocycles. The predicted octanol–water partition coefficient (Wildman–Crippen LogP) is 4.32. The van der Waals surface area contributed by atoms with E-state index in [1.54, 1.807) is 6.20 Å². The Morgan fingerprint density at radius 2 is 1.56 bits per heavy atom. The van der Waals surface area contributed by atoms with E-state index in [0.717, 1.165) is 49.7 Å². The van der Waals surface area contributed by atoms with Crippen molar-refractivity contribution < 1.29 is 4.79 Å². The Kier molecular flexibility index (Phi) is 7.54. The molecule has 36 heavy (non-hydrogen) atoms. The molecule has 8 heteroatoms. The maximum Gasteiger partial charge on any atom is 0.234 e. The van der Waals surface area contributed by atoms with Crippen LogP contribution in [0.4, 0.5) is 11.4 Å². The number of hydrogen-bond acceptors (Lipinski definition) is 6. The van der Waals surface area contributed by atoms with Gasteiger partial charge in [0.25, 0.3) is 0 Å². The van der Waals surface area contributed by atoms with E-state index in [1.807, 2.05) is 42.5 Å². The van der Waals surface area contributed by atoms with E-state index < -0.39 is 0 Å². The van der Waals surface area contributed by atoms with Crippen LogP contribution in [0.5, 0.6) is 0 Å². The second-order valence-corrected chi connectivity index (χ2v) is 9.76. The first-order chi connectivity index (χ1) is 17.6. The zero-order chi connectivity index (χ0) is 24.7. The van der Waals surface area contributed by atoms with Crippen LogP contribution in [0.25, 0.3) is 11.3 Å². The van der Waals surface area contributed by atoms with Gasteiger partial charge in [0, 0.05) is 49.7 Å². The van der Waals surface area contributed by atoms with Gasteiger partial charge >= 0.3 is 0 Å². The summed E-state index contributed by atoms with van der Waals surface area (Å²) in [5.74, 6) is 6.18. The molecule has 5 rings (SSSR count). The fourth-order valence-electron chi connectivity index (χ4n) is 4.32. The van der Waals surface area contributed by atoms with Crippen molar-refractivity contribution >= 4 is 29.0 Å². The van der Waals surface area contributed by atoms with Crippen LogP contribution < -0.4 is 16.1 Å². The molecule has 4 aromatic rings. The normalized spacial score (nSPS) is 14.1. The molecule has 1 fully saturated rings. The van der Waals surface area contributed by atoms with Crippen LogP contribution in [0.3, 0.4) is 0 Å². The number of amides is 1. The van der Waals surface area contributed by atoms with E-state index in [0.29, 0.717) is 5.16 Å². The molecular formula is C28H30N6OS.